The molecule has 0 radical (unpaired) electrons. The van der Waals surface area contributed by atoms with Gasteiger partial charge in [-0.3, -0.25) is 19.2 Å². The van der Waals surface area contributed by atoms with Gasteiger partial charge in [0.25, 0.3) is 11.8 Å². The minimum atomic E-state index is -1.12. The summed E-state index contributed by atoms with van der Waals surface area (Å²) in [5, 5.41) is 8.10. The van der Waals surface area contributed by atoms with Crippen molar-refractivity contribution in [3.8, 4) is 34.5 Å². The third kappa shape index (κ3) is 8.38. The minimum absolute atomic E-state index is 0.0288. The number of primary amides is 1. The van der Waals surface area contributed by atoms with E-state index in [4.69, 9.17) is 23.4 Å². The van der Waals surface area contributed by atoms with Crippen LogP contribution < -0.4 is 21.7 Å². The summed E-state index contributed by atoms with van der Waals surface area (Å²) in [6.07, 6.45) is 3.88. The molecule has 18 heteroatoms. The molecule has 5 N–H and O–H groups in total. The molecule has 0 spiro atoms. The van der Waals surface area contributed by atoms with Crippen LogP contribution in [-0.2, 0) is 14.3 Å². The SMILES string of the molecule is C=C(NC(=O)[C@@H](NC(=O)[C@H](NC(=O)c1nc(-c2coc(C(=O)OC)n2)oc1-c1ccccc1)[C@@H](C)CC)C(C)C)c1nc(-c2nc(C(N)=O)co2)co1. The number of oxazole rings is 4. The van der Waals surface area contributed by atoms with Gasteiger partial charge >= 0.3 is 11.9 Å². The van der Waals surface area contributed by atoms with E-state index in [1.807, 2.05) is 6.92 Å². The van der Waals surface area contributed by atoms with Crippen LogP contribution in [0.4, 0.5) is 0 Å². The lowest BCUT2D eigenvalue weighted by molar-refractivity contribution is -0.131. The third-order valence-corrected chi connectivity index (χ3v) is 8.00. The van der Waals surface area contributed by atoms with E-state index in [0.29, 0.717) is 12.0 Å². The van der Waals surface area contributed by atoms with Gasteiger partial charge in [-0.15, -0.1) is 0 Å². The number of hydrogen-bond donors (Lipinski definition) is 4. The number of benzene rings is 1. The highest BCUT2D eigenvalue weighted by atomic mass is 16.5. The Labute approximate surface area is 301 Å². The Morgan fingerprint density at radius 1 is 0.830 bits per heavy atom. The number of methoxy groups -OCH3 is 1. The topological polar surface area (TPSA) is 261 Å². The number of ether oxygens (including phenoxy) is 1. The number of rotatable bonds is 15. The predicted molar refractivity (Wildman–Crippen MR) is 184 cm³/mol. The van der Waals surface area contributed by atoms with E-state index >= 15 is 0 Å². The van der Waals surface area contributed by atoms with Crippen LogP contribution in [-0.4, -0.2) is 68.7 Å². The first-order valence-electron chi connectivity index (χ1n) is 16.2. The highest BCUT2D eigenvalue weighted by Crippen LogP contribution is 2.30. The number of nitrogens with one attached hydrogen (secondary N) is 3. The number of nitrogens with zero attached hydrogens (tertiary/aromatic N) is 4. The molecule has 4 amide bonds. The summed E-state index contributed by atoms with van der Waals surface area (Å²) >= 11 is 0. The molecule has 0 saturated carbocycles. The Morgan fingerprint density at radius 2 is 1.49 bits per heavy atom. The number of carbonyl (C=O) groups is 5. The standard InChI is InChI=1S/C35H36N8O10/c1-7-17(4)24(42-30(47)25-26(19-11-9-8-10-12-19)53-33(43-25)22-15-52-34(40-22)35(48)49-6)29(46)41-23(16(2)3)28(45)37-18(5)31-39-21(14-50-31)32-38-20(13-51-32)27(36)44/h8-17,23-24H,5,7H2,1-4,6H3,(H2,36,44)(H,37,45)(H,41,46)(H,42,47)/t17-,23-,24+/m0/s1. The molecular weight excluding hydrogens is 692 g/mol. The summed E-state index contributed by atoms with van der Waals surface area (Å²) in [4.78, 5) is 81.0. The first kappa shape index (κ1) is 37.4. The van der Waals surface area contributed by atoms with Crippen LogP contribution in [0.25, 0.3) is 40.2 Å². The largest absolute Gasteiger partial charge is 0.462 e. The molecule has 5 rings (SSSR count). The second-order valence-corrected chi connectivity index (χ2v) is 12.1. The van der Waals surface area contributed by atoms with E-state index in [2.05, 4.69) is 47.2 Å². The fraction of sp³-hybridized carbons (Fsp3) is 0.286. The zero-order valence-electron chi connectivity index (χ0n) is 29.3. The summed E-state index contributed by atoms with van der Waals surface area (Å²) in [5.41, 5.74) is 5.56. The molecule has 0 unspecified atom stereocenters. The zero-order valence-corrected chi connectivity index (χ0v) is 29.3. The monoisotopic (exact) mass is 728 g/mol. The van der Waals surface area contributed by atoms with E-state index < -0.39 is 53.5 Å². The van der Waals surface area contributed by atoms with Gasteiger partial charge in [0.15, 0.2) is 28.5 Å². The van der Waals surface area contributed by atoms with E-state index in [1.54, 1.807) is 51.1 Å². The van der Waals surface area contributed by atoms with E-state index in [-0.39, 0.29) is 57.8 Å². The molecule has 3 atom stereocenters. The van der Waals surface area contributed by atoms with Crippen molar-refractivity contribution in [2.75, 3.05) is 7.11 Å². The first-order chi connectivity index (χ1) is 25.3. The second-order valence-electron chi connectivity index (χ2n) is 12.1. The molecule has 0 saturated heterocycles. The smallest absolute Gasteiger partial charge is 0.394 e. The van der Waals surface area contributed by atoms with Crippen molar-refractivity contribution in [2.24, 2.45) is 17.6 Å². The molecule has 4 aromatic heterocycles. The van der Waals surface area contributed by atoms with Crippen molar-refractivity contribution in [3.63, 3.8) is 0 Å². The minimum Gasteiger partial charge on any atom is -0.462 e. The Bertz CT molecular complexity index is 2140. The fourth-order valence-electron chi connectivity index (χ4n) is 4.91. The van der Waals surface area contributed by atoms with Crippen LogP contribution >= 0.6 is 0 Å². The number of hydrogen-bond acceptors (Lipinski definition) is 14. The maximum absolute atomic E-state index is 13.9. The van der Waals surface area contributed by atoms with Crippen LogP contribution in [0.5, 0.6) is 0 Å². The van der Waals surface area contributed by atoms with Gasteiger partial charge in [0.05, 0.1) is 12.8 Å². The number of aromatic nitrogens is 4. The highest BCUT2D eigenvalue weighted by molar-refractivity contribution is 6.01. The van der Waals surface area contributed by atoms with Gasteiger partial charge in [-0.1, -0.05) is 71.0 Å². The van der Waals surface area contributed by atoms with Gasteiger partial charge in [0.2, 0.25) is 29.5 Å². The zero-order chi connectivity index (χ0) is 38.4. The van der Waals surface area contributed by atoms with Gasteiger partial charge in [-0.05, 0) is 11.8 Å². The molecule has 0 aliphatic rings. The van der Waals surface area contributed by atoms with Crippen LogP contribution in [0.1, 0.15) is 71.7 Å². The van der Waals surface area contributed by atoms with Crippen molar-refractivity contribution in [3.05, 3.63) is 78.9 Å². The highest BCUT2D eigenvalue weighted by Gasteiger charge is 2.34. The van der Waals surface area contributed by atoms with E-state index in [1.165, 1.54) is 13.4 Å². The van der Waals surface area contributed by atoms with E-state index in [9.17, 15) is 24.0 Å². The molecular formula is C35H36N8O10. The van der Waals surface area contributed by atoms with Crippen molar-refractivity contribution < 1.29 is 46.4 Å². The number of esters is 1. The summed E-state index contributed by atoms with van der Waals surface area (Å²) in [7, 11) is 1.17. The van der Waals surface area contributed by atoms with Gasteiger partial charge in [-0.25, -0.2) is 19.7 Å². The van der Waals surface area contributed by atoms with Crippen LogP contribution in [0, 0.1) is 11.8 Å². The molecule has 5 aromatic rings. The second kappa shape index (κ2) is 16.0. The molecule has 276 valence electrons. The first-order valence-corrected chi connectivity index (χ1v) is 16.2. The van der Waals surface area contributed by atoms with Crippen molar-refractivity contribution in [1.82, 2.24) is 35.9 Å². The molecule has 53 heavy (non-hydrogen) atoms. The number of amides is 4. The maximum atomic E-state index is 13.9. The molecule has 0 bridgehead atoms. The number of nitrogens with two attached hydrogens (primary N) is 1. The number of carbonyl (C=O) groups excluding carboxylic acids is 5. The van der Waals surface area contributed by atoms with Crippen LogP contribution in [0.3, 0.4) is 0 Å². The average Bonchev–Trinajstić information content (AvgIpc) is 3.98. The van der Waals surface area contributed by atoms with Gasteiger partial charge in [-0.2, -0.15) is 4.98 Å². The molecule has 0 aliphatic heterocycles. The van der Waals surface area contributed by atoms with E-state index in [0.717, 1.165) is 12.5 Å². The van der Waals surface area contributed by atoms with Crippen molar-refractivity contribution in [2.45, 2.75) is 46.2 Å². The average molecular weight is 729 g/mol. The van der Waals surface area contributed by atoms with Gasteiger partial charge in [0, 0.05) is 5.56 Å². The molecule has 1 aromatic carbocycles. The van der Waals surface area contributed by atoms with Crippen LogP contribution in [0.15, 0.2) is 73.4 Å². The predicted octanol–water partition coefficient (Wildman–Crippen LogP) is 3.60. The third-order valence-electron chi connectivity index (χ3n) is 8.00. The van der Waals surface area contributed by atoms with Crippen molar-refractivity contribution >= 4 is 35.3 Å². The maximum Gasteiger partial charge on any atom is 0.394 e. The fourth-order valence-corrected chi connectivity index (χ4v) is 4.91. The summed E-state index contributed by atoms with van der Waals surface area (Å²) in [6, 6.07) is 6.46. The van der Waals surface area contributed by atoms with Crippen LogP contribution in [0.2, 0.25) is 0 Å². The Hall–Kier alpha value is -6.85. The van der Waals surface area contributed by atoms with Crippen molar-refractivity contribution in [1.29, 1.82) is 0 Å². The Kier molecular flexibility index (Phi) is 11.3. The molecule has 0 aliphatic carbocycles. The molecule has 0 fully saturated rings. The summed E-state index contributed by atoms with van der Waals surface area (Å²) in [6.45, 7) is 10.9. The molecule has 4 heterocycles. The lowest BCUT2D eigenvalue weighted by Gasteiger charge is -2.27. The lowest BCUT2D eigenvalue weighted by Crippen LogP contribution is -2.57. The lowest BCUT2D eigenvalue weighted by atomic mass is 9.96. The summed E-state index contributed by atoms with van der Waals surface area (Å²) < 4.78 is 26.4. The quantitative estimate of drug-likeness (QED) is 0.112. The molecule has 18 nitrogen and oxygen atoms in total. The Balaban J connectivity index is 1.33. The van der Waals surface area contributed by atoms with Gasteiger partial charge in [0.1, 0.15) is 30.9 Å². The van der Waals surface area contributed by atoms with Gasteiger partial charge < -0.3 is 44.1 Å². The summed E-state index contributed by atoms with van der Waals surface area (Å²) in [5.74, 6) is -4.95. The Morgan fingerprint density at radius 3 is 2.11 bits per heavy atom. The normalized spacial score (nSPS) is 12.8.